The second-order valence-corrected chi connectivity index (χ2v) is 5.73. The number of para-hydroxylation sites is 1. The van der Waals surface area contributed by atoms with E-state index < -0.39 is 0 Å². The number of aryl methyl sites for hydroxylation is 1. The molecule has 0 aliphatic carbocycles. The molecular weight excluding hydrogens is 278 g/mol. The lowest BCUT2D eigenvalue weighted by atomic mass is 9.97. The van der Waals surface area contributed by atoms with Crippen LogP contribution in [-0.2, 0) is 0 Å². The molecule has 109 valence electrons. The second-order valence-electron chi connectivity index (χ2n) is 5.73. The lowest BCUT2D eigenvalue weighted by Gasteiger charge is -2.12. The Hall–Kier alpha value is -2.93. The lowest BCUT2D eigenvalue weighted by molar-refractivity contribution is 1.39. The molecular formula is C22H16N. The minimum Gasteiger partial charge on any atom is -0.247 e. The molecule has 23 heavy (non-hydrogen) atoms. The fraction of sp³-hybridized carbons (Fsp3) is 0.0455. The van der Waals surface area contributed by atoms with Crippen LogP contribution in [0.25, 0.3) is 33.3 Å². The van der Waals surface area contributed by atoms with Crippen molar-refractivity contribution in [3.05, 3.63) is 90.5 Å². The Morgan fingerprint density at radius 2 is 1.52 bits per heavy atom. The number of aromatic nitrogens is 1. The van der Waals surface area contributed by atoms with E-state index in [1.807, 2.05) is 18.2 Å². The molecule has 0 spiro atoms. The summed E-state index contributed by atoms with van der Waals surface area (Å²) in [6.45, 7) is 2.11. The molecule has 0 saturated carbocycles. The number of rotatable bonds is 2. The molecule has 4 rings (SSSR count). The van der Waals surface area contributed by atoms with Gasteiger partial charge in [-0.1, -0.05) is 72.3 Å². The van der Waals surface area contributed by atoms with Gasteiger partial charge in [0.1, 0.15) is 0 Å². The molecule has 4 aromatic rings. The molecule has 0 aliphatic heterocycles. The quantitative estimate of drug-likeness (QED) is 0.463. The Morgan fingerprint density at radius 1 is 0.783 bits per heavy atom. The van der Waals surface area contributed by atoms with Crippen LogP contribution < -0.4 is 0 Å². The molecule has 1 aromatic heterocycles. The number of benzene rings is 3. The Bertz CT molecular complexity index is 954. The largest absolute Gasteiger partial charge is 0.247 e. The van der Waals surface area contributed by atoms with Gasteiger partial charge < -0.3 is 0 Å². The van der Waals surface area contributed by atoms with Crippen LogP contribution in [0.3, 0.4) is 0 Å². The fourth-order valence-corrected chi connectivity index (χ4v) is 2.83. The highest BCUT2D eigenvalue weighted by molar-refractivity contribution is 5.91. The molecule has 0 aliphatic rings. The summed E-state index contributed by atoms with van der Waals surface area (Å²) in [6, 6.07) is 30.2. The highest BCUT2D eigenvalue weighted by atomic mass is 14.7. The first-order valence-corrected chi connectivity index (χ1v) is 7.74. The number of hydrogen-bond donors (Lipinski definition) is 0. The topological polar surface area (TPSA) is 12.9 Å². The van der Waals surface area contributed by atoms with Gasteiger partial charge in [-0.05, 0) is 30.7 Å². The van der Waals surface area contributed by atoms with Crippen molar-refractivity contribution in [1.82, 2.24) is 4.98 Å². The zero-order valence-electron chi connectivity index (χ0n) is 13.0. The average molecular weight is 294 g/mol. The molecule has 0 atom stereocenters. The van der Waals surface area contributed by atoms with Gasteiger partial charge in [0.05, 0.1) is 11.2 Å². The molecule has 1 nitrogen and oxygen atoms in total. The highest BCUT2D eigenvalue weighted by Gasteiger charge is 2.11. The average Bonchev–Trinajstić information content (AvgIpc) is 2.62. The summed E-state index contributed by atoms with van der Waals surface area (Å²) in [6.07, 6.45) is 0. The summed E-state index contributed by atoms with van der Waals surface area (Å²) >= 11 is 0. The first-order chi connectivity index (χ1) is 11.3. The highest BCUT2D eigenvalue weighted by Crippen LogP contribution is 2.33. The third-order valence-electron chi connectivity index (χ3n) is 4.08. The third kappa shape index (κ3) is 2.62. The van der Waals surface area contributed by atoms with Gasteiger partial charge in [0.25, 0.3) is 0 Å². The van der Waals surface area contributed by atoms with Crippen LogP contribution in [0.1, 0.15) is 5.56 Å². The van der Waals surface area contributed by atoms with Crippen LogP contribution >= 0.6 is 0 Å². The zero-order valence-corrected chi connectivity index (χ0v) is 13.0. The predicted molar refractivity (Wildman–Crippen MR) is 96.2 cm³/mol. The van der Waals surface area contributed by atoms with Crippen molar-refractivity contribution in [2.45, 2.75) is 6.92 Å². The number of hydrogen-bond acceptors (Lipinski definition) is 1. The van der Waals surface area contributed by atoms with Gasteiger partial charge in [-0.3, -0.25) is 0 Å². The van der Waals surface area contributed by atoms with Crippen molar-refractivity contribution < 1.29 is 0 Å². The lowest BCUT2D eigenvalue weighted by Crippen LogP contribution is -1.91. The van der Waals surface area contributed by atoms with Gasteiger partial charge in [0.2, 0.25) is 0 Å². The van der Waals surface area contributed by atoms with Crippen LogP contribution in [0, 0.1) is 13.0 Å². The molecule has 0 bridgehead atoms. The van der Waals surface area contributed by atoms with Crippen LogP contribution in [0.15, 0.2) is 78.9 Å². The van der Waals surface area contributed by atoms with Crippen molar-refractivity contribution in [3.8, 4) is 22.4 Å². The van der Waals surface area contributed by atoms with Gasteiger partial charge >= 0.3 is 0 Å². The van der Waals surface area contributed by atoms with Gasteiger partial charge in [-0.15, -0.1) is 0 Å². The summed E-state index contributed by atoms with van der Waals surface area (Å²) in [7, 11) is 0. The van der Waals surface area contributed by atoms with E-state index in [0.29, 0.717) is 0 Å². The first kappa shape index (κ1) is 13.7. The van der Waals surface area contributed by atoms with Crippen molar-refractivity contribution >= 4 is 10.9 Å². The fourth-order valence-electron chi connectivity index (χ4n) is 2.83. The molecule has 1 heteroatoms. The van der Waals surface area contributed by atoms with Crippen molar-refractivity contribution in [2.24, 2.45) is 0 Å². The van der Waals surface area contributed by atoms with Crippen molar-refractivity contribution in [3.63, 3.8) is 0 Å². The van der Waals surface area contributed by atoms with E-state index in [1.54, 1.807) is 0 Å². The van der Waals surface area contributed by atoms with E-state index in [2.05, 4.69) is 73.7 Å². The number of fused-ring (bicyclic) bond motifs is 1. The van der Waals surface area contributed by atoms with Gasteiger partial charge in [0.15, 0.2) is 0 Å². The maximum Gasteiger partial charge on any atom is 0.0788 e. The minimum absolute atomic E-state index is 1.02. The smallest absolute Gasteiger partial charge is 0.0788 e. The molecule has 0 unspecified atom stereocenters. The Balaban J connectivity index is 2.02. The van der Waals surface area contributed by atoms with E-state index in [-0.39, 0.29) is 0 Å². The molecule has 1 heterocycles. The third-order valence-corrected chi connectivity index (χ3v) is 4.08. The monoisotopic (exact) mass is 294 g/mol. The van der Waals surface area contributed by atoms with Gasteiger partial charge in [0, 0.05) is 16.5 Å². The predicted octanol–water partition coefficient (Wildman–Crippen LogP) is 5.68. The molecule has 0 N–H and O–H groups in total. The molecule has 0 fully saturated rings. The Kier molecular flexibility index (Phi) is 3.39. The Morgan fingerprint density at radius 3 is 2.30 bits per heavy atom. The Labute approximate surface area is 136 Å². The first-order valence-electron chi connectivity index (χ1n) is 7.74. The van der Waals surface area contributed by atoms with E-state index >= 15 is 0 Å². The van der Waals surface area contributed by atoms with Crippen molar-refractivity contribution in [1.29, 1.82) is 0 Å². The molecule has 3 aromatic carbocycles. The maximum atomic E-state index is 4.93. The molecule has 1 radical (unpaired) electrons. The van der Waals surface area contributed by atoms with Crippen LogP contribution in [0.4, 0.5) is 0 Å². The molecule has 0 amide bonds. The van der Waals surface area contributed by atoms with E-state index in [9.17, 15) is 0 Å². The molecule has 0 saturated heterocycles. The van der Waals surface area contributed by atoms with Crippen molar-refractivity contribution in [2.75, 3.05) is 0 Å². The summed E-state index contributed by atoms with van der Waals surface area (Å²) in [5.41, 5.74) is 6.77. The summed E-state index contributed by atoms with van der Waals surface area (Å²) in [5, 5.41) is 1.16. The summed E-state index contributed by atoms with van der Waals surface area (Å²) in [4.78, 5) is 4.93. The van der Waals surface area contributed by atoms with E-state index in [4.69, 9.17) is 4.98 Å². The van der Waals surface area contributed by atoms with Crippen LogP contribution in [-0.4, -0.2) is 4.98 Å². The van der Waals surface area contributed by atoms with Crippen LogP contribution in [0.5, 0.6) is 0 Å². The summed E-state index contributed by atoms with van der Waals surface area (Å²) < 4.78 is 0. The van der Waals surface area contributed by atoms with Gasteiger partial charge in [-0.2, -0.15) is 0 Å². The van der Waals surface area contributed by atoms with E-state index in [0.717, 1.165) is 27.7 Å². The minimum atomic E-state index is 1.02. The number of nitrogens with zero attached hydrogens (tertiary/aromatic N) is 1. The summed E-state index contributed by atoms with van der Waals surface area (Å²) in [5.74, 6) is 0. The maximum absolute atomic E-state index is 4.93. The zero-order chi connectivity index (χ0) is 15.6. The number of pyridine rings is 1. The normalized spacial score (nSPS) is 10.8. The van der Waals surface area contributed by atoms with Crippen LogP contribution in [0.2, 0.25) is 0 Å². The van der Waals surface area contributed by atoms with E-state index in [1.165, 1.54) is 11.1 Å². The second kappa shape index (κ2) is 5.69. The standard InChI is InChI=1S/C22H16N/c1-16-11-13-17(14-12-16)20-15-19-9-5-6-10-21(19)23-22(20)18-7-3-2-4-8-18/h3-15H,1H3. The SMILES string of the molecule is Cc1ccc(-c2cc3ccccc3nc2-c2cc[c]cc2)cc1. The van der Waals surface area contributed by atoms with Gasteiger partial charge in [-0.25, -0.2) is 4.98 Å².